The van der Waals surface area contributed by atoms with Crippen molar-refractivity contribution in [3.8, 4) is 0 Å². The zero-order valence-electron chi connectivity index (χ0n) is 11.2. The molecule has 0 rings (SSSR count). The van der Waals surface area contributed by atoms with E-state index in [1.165, 1.54) is 0 Å². The molecule has 0 N–H and O–H groups in total. The molecule has 140 valence electrons. The van der Waals surface area contributed by atoms with Gasteiger partial charge in [-0.3, -0.25) is 0 Å². The minimum absolute atomic E-state index is 0.479. The van der Waals surface area contributed by atoms with Gasteiger partial charge in [0.1, 0.15) is 13.2 Å². The van der Waals surface area contributed by atoms with E-state index in [1.54, 1.807) is 0 Å². The second kappa shape index (κ2) is 8.33. The van der Waals surface area contributed by atoms with Crippen molar-refractivity contribution in [2.75, 3.05) is 39.6 Å². The first-order valence-electron chi connectivity index (χ1n) is 5.83. The van der Waals surface area contributed by atoms with Crippen LogP contribution in [-0.4, -0.2) is 63.8 Å². The SMILES string of the molecule is FC(F)(F)C(F)(F)COCCOCCOCC(F)(F)C(F)(F)F. The lowest BCUT2D eigenvalue weighted by atomic mass is 10.3. The third kappa shape index (κ3) is 8.01. The molecule has 23 heavy (non-hydrogen) atoms. The fourth-order valence-electron chi connectivity index (χ4n) is 0.902. The van der Waals surface area contributed by atoms with Gasteiger partial charge in [0.2, 0.25) is 0 Å². The van der Waals surface area contributed by atoms with Gasteiger partial charge < -0.3 is 14.2 Å². The maximum absolute atomic E-state index is 12.3. The van der Waals surface area contributed by atoms with E-state index in [0.717, 1.165) is 0 Å². The van der Waals surface area contributed by atoms with Crippen LogP contribution in [0.2, 0.25) is 0 Å². The molecule has 0 unspecified atom stereocenters. The highest BCUT2D eigenvalue weighted by atomic mass is 19.4. The Morgan fingerprint density at radius 3 is 0.957 bits per heavy atom. The van der Waals surface area contributed by atoms with Crippen molar-refractivity contribution in [2.24, 2.45) is 0 Å². The van der Waals surface area contributed by atoms with E-state index >= 15 is 0 Å². The molecule has 0 saturated carbocycles. The van der Waals surface area contributed by atoms with Gasteiger partial charge in [-0.1, -0.05) is 0 Å². The molecule has 3 nitrogen and oxygen atoms in total. The van der Waals surface area contributed by atoms with Crippen LogP contribution in [0.4, 0.5) is 43.9 Å². The van der Waals surface area contributed by atoms with Crippen molar-refractivity contribution >= 4 is 0 Å². The van der Waals surface area contributed by atoms with Gasteiger partial charge in [0.05, 0.1) is 26.4 Å². The molecule has 0 aromatic carbocycles. The van der Waals surface area contributed by atoms with E-state index in [4.69, 9.17) is 0 Å². The number of halogens is 10. The first-order chi connectivity index (χ1) is 10.2. The van der Waals surface area contributed by atoms with Crippen LogP contribution >= 0.6 is 0 Å². The number of ether oxygens (including phenoxy) is 3. The Kier molecular flexibility index (Phi) is 8.03. The quantitative estimate of drug-likeness (QED) is 0.436. The molecular weight excluding hydrogens is 358 g/mol. The minimum Gasteiger partial charge on any atom is -0.377 e. The zero-order valence-corrected chi connectivity index (χ0v) is 11.2. The summed E-state index contributed by atoms with van der Waals surface area (Å²) >= 11 is 0. The summed E-state index contributed by atoms with van der Waals surface area (Å²) in [6.45, 7) is -6.13. The van der Waals surface area contributed by atoms with Crippen molar-refractivity contribution in [1.29, 1.82) is 0 Å². The Morgan fingerprint density at radius 2 is 0.696 bits per heavy atom. The third-order valence-electron chi connectivity index (χ3n) is 2.14. The molecule has 0 aliphatic rings. The molecule has 0 atom stereocenters. The van der Waals surface area contributed by atoms with E-state index in [1.807, 2.05) is 0 Å². The second-order valence-electron chi connectivity index (χ2n) is 4.12. The van der Waals surface area contributed by atoms with Crippen LogP contribution < -0.4 is 0 Å². The van der Waals surface area contributed by atoms with Gasteiger partial charge in [0, 0.05) is 0 Å². The van der Waals surface area contributed by atoms with Crippen molar-refractivity contribution in [2.45, 2.75) is 24.2 Å². The topological polar surface area (TPSA) is 27.7 Å². The summed E-state index contributed by atoms with van der Waals surface area (Å²) in [5.41, 5.74) is 0. The number of hydrogen-bond donors (Lipinski definition) is 0. The standard InChI is InChI=1S/C10H12F10O3/c11-7(12,9(15,16)17)5-22-3-1-21-2-4-23-6-8(13,14)10(18,19)20/h1-6H2. The fourth-order valence-corrected chi connectivity index (χ4v) is 0.902. The van der Waals surface area contributed by atoms with Crippen LogP contribution in [0, 0.1) is 0 Å². The van der Waals surface area contributed by atoms with Crippen LogP contribution in [0.15, 0.2) is 0 Å². The average Bonchev–Trinajstić information content (AvgIpc) is 2.33. The van der Waals surface area contributed by atoms with Gasteiger partial charge in [-0.15, -0.1) is 0 Å². The second-order valence-corrected chi connectivity index (χ2v) is 4.12. The summed E-state index contributed by atoms with van der Waals surface area (Å²) < 4.78 is 132. The van der Waals surface area contributed by atoms with Crippen molar-refractivity contribution in [3.63, 3.8) is 0 Å². The molecule has 0 aliphatic heterocycles. The van der Waals surface area contributed by atoms with Crippen molar-refractivity contribution in [3.05, 3.63) is 0 Å². The summed E-state index contributed by atoms with van der Waals surface area (Å²) in [5, 5.41) is 0. The molecule has 0 aromatic rings. The van der Waals surface area contributed by atoms with Crippen molar-refractivity contribution < 1.29 is 58.1 Å². The Labute approximate surface area is 123 Å². The predicted molar refractivity (Wildman–Crippen MR) is 54.5 cm³/mol. The highest BCUT2D eigenvalue weighted by Crippen LogP contribution is 2.36. The van der Waals surface area contributed by atoms with Crippen LogP contribution in [-0.2, 0) is 14.2 Å². The monoisotopic (exact) mass is 370 g/mol. The molecular formula is C10H12F10O3. The maximum atomic E-state index is 12.3. The molecule has 0 aliphatic carbocycles. The third-order valence-corrected chi connectivity index (χ3v) is 2.14. The molecule has 0 bridgehead atoms. The van der Waals surface area contributed by atoms with Gasteiger partial charge in [-0.25, -0.2) is 0 Å². The molecule has 0 amide bonds. The number of hydrogen-bond acceptors (Lipinski definition) is 3. The Balaban J connectivity index is 3.66. The average molecular weight is 370 g/mol. The molecule has 13 heteroatoms. The van der Waals surface area contributed by atoms with Crippen LogP contribution in [0.5, 0.6) is 0 Å². The van der Waals surface area contributed by atoms with Crippen LogP contribution in [0.1, 0.15) is 0 Å². The van der Waals surface area contributed by atoms with E-state index in [0.29, 0.717) is 0 Å². The summed E-state index contributed by atoms with van der Waals surface area (Å²) in [4.78, 5) is 0. The Morgan fingerprint density at radius 1 is 0.435 bits per heavy atom. The van der Waals surface area contributed by atoms with Crippen LogP contribution in [0.3, 0.4) is 0 Å². The highest BCUT2D eigenvalue weighted by molar-refractivity contribution is 4.75. The van der Waals surface area contributed by atoms with Crippen LogP contribution in [0.25, 0.3) is 0 Å². The van der Waals surface area contributed by atoms with Gasteiger partial charge in [-0.2, -0.15) is 43.9 Å². The summed E-state index contributed by atoms with van der Waals surface area (Å²) in [5.74, 6) is -10.1. The Hall–Kier alpha value is -0.820. The smallest absolute Gasteiger partial charge is 0.377 e. The maximum Gasteiger partial charge on any atom is 0.455 e. The summed E-state index contributed by atoms with van der Waals surface area (Å²) in [6.07, 6.45) is -11.5. The number of rotatable bonds is 10. The molecule has 0 aromatic heterocycles. The summed E-state index contributed by atoms with van der Waals surface area (Å²) in [6, 6.07) is 0. The van der Waals surface area contributed by atoms with Gasteiger partial charge in [0.15, 0.2) is 0 Å². The van der Waals surface area contributed by atoms with E-state index < -0.39 is 63.8 Å². The molecule has 0 spiro atoms. The van der Waals surface area contributed by atoms with E-state index in [2.05, 4.69) is 14.2 Å². The van der Waals surface area contributed by atoms with Gasteiger partial charge in [-0.05, 0) is 0 Å². The highest BCUT2D eigenvalue weighted by Gasteiger charge is 2.58. The molecule has 0 radical (unpaired) electrons. The Bertz CT molecular complexity index is 307. The normalized spacial score (nSPS) is 14.3. The molecule has 0 fully saturated rings. The zero-order chi connectivity index (χ0) is 18.4. The minimum atomic E-state index is -5.76. The first kappa shape index (κ1) is 22.2. The lowest BCUT2D eigenvalue weighted by Crippen LogP contribution is -2.41. The van der Waals surface area contributed by atoms with E-state index in [-0.39, 0.29) is 0 Å². The summed E-state index contributed by atoms with van der Waals surface area (Å²) in [7, 11) is 0. The van der Waals surface area contributed by atoms with Gasteiger partial charge in [0.25, 0.3) is 0 Å². The van der Waals surface area contributed by atoms with Gasteiger partial charge >= 0.3 is 24.2 Å². The largest absolute Gasteiger partial charge is 0.455 e. The molecule has 0 heterocycles. The molecule has 0 saturated heterocycles. The predicted octanol–water partition coefficient (Wildman–Crippen LogP) is 3.43. The number of alkyl halides is 10. The van der Waals surface area contributed by atoms with E-state index in [9.17, 15) is 43.9 Å². The lowest BCUT2D eigenvalue weighted by molar-refractivity contribution is -0.298. The first-order valence-corrected chi connectivity index (χ1v) is 5.83. The fraction of sp³-hybridized carbons (Fsp3) is 1.00. The van der Waals surface area contributed by atoms with Crippen molar-refractivity contribution in [1.82, 2.24) is 0 Å². The lowest BCUT2D eigenvalue weighted by Gasteiger charge is -2.19.